The third kappa shape index (κ3) is 6.36. The summed E-state index contributed by atoms with van der Waals surface area (Å²) in [5.41, 5.74) is 0.628. The zero-order valence-corrected chi connectivity index (χ0v) is 13.9. The number of carbonyl (C=O) groups is 1. The van der Waals surface area contributed by atoms with E-state index in [9.17, 15) is 18.0 Å². The first-order valence-electron chi connectivity index (χ1n) is 7.39. The Morgan fingerprint density at radius 1 is 1.20 bits per heavy atom. The van der Waals surface area contributed by atoms with Crippen molar-refractivity contribution in [2.45, 2.75) is 39.3 Å². The van der Waals surface area contributed by atoms with Crippen molar-refractivity contribution in [1.82, 2.24) is 15.3 Å². The van der Waals surface area contributed by atoms with Gasteiger partial charge >= 0.3 is 12.5 Å². The molecule has 0 radical (unpaired) electrons. The van der Waals surface area contributed by atoms with Crippen LogP contribution < -0.4 is 10.1 Å². The van der Waals surface area contributed by atoms with E-state index in [2.05, 4.69) is 20.0 Å². The Bertz CT molecular complexity index is 719. The number of benzene rings is 1. The number of ether oxygens (including phenoxy) is 2. The van der Waals surface area contributed by atoms with Gasteiger partial charge in [-0.2, -0.15) is 0 Å². The summed E-state index contributed by atoms with van der Waals surface area (Å²) in [4.78, 5) is 18.7. The van der Waals surface area contributed by atoms with Crippen LogP contribution in [0.3, 0.4) is 0 Å². The first kappa shape index (κ1) is 18.6. The number of halogens is 3. The Morgan fingerprint density at radius 3 is 2.40 bits per heavy atom. The Morgan fingerprint density at radius 2 is 1.84 bits per heavy atom. The molecule has 136 valence electrons. The first-order valence-corrected chi connectivity index (χ1v) is 7.39. The van der Waals surface area contributed by atoms with Gasteiger partial charge in [0.25, 0.3) is 0 Å². The van der Waals surface area contributed by atoms with Crippen molar-refractivity contribution >= 4 is 6.09 Å². The van der Waals surface area contributed by atoms with Gasteiger partial charge in [0.05, 0.1) is 18.4 Å². The SMILES string of the molecule is CC(C)(C)OC(=O)NCc1ncc(-c2ccc(OC(F)(F)F)cc2)[nH]1. The lowest BCUT2D eigenvalue weighted by Crippen LogP contribution is -2.32. The molecule has 9 heteroatoms. The number of alkyl halides is 3. The predicted octanol–water partition coefficient (Wildman–Crippen LogP) is 4.00. The van der Waals surface area contributed by atoms with Crippen LogP contribution in [0.2, 0.25) is 0 Å². The minimum atomic E-state index is -4.73. The zero-order valence-electron chi connectivity index (χ0n) is 13.9. The second-order valence-electron chi connectivity index (χ2n) is 6.17. The number of amides is 1. The zero-order chi connectivity index (χ0) is 18.7. The monoisotopic (exact) mass is 357 g/mol. The number of hydrogen-bond acceptors (Lipinski definition) is 4. The largest absolute Gasteiger partial charge is 0.573 e. The minimum Gasteiger partial charge on any atom is -0.444 e. The Kier molecular flexibility index (Phi) is 5.24. The third-order valence-electron chi connectivity index (χ3n) is 2.83. The molecule has 2 aromatic rings. The summed E-state index contributed by atoms with van der Waals surface area (Å²) in [5, 5.41) is 2.56. The number of H-pyrrole nitrogens is 1. The van der Waals surface area contributed by atoms with Gasteiger partial charge in [-0.15, -0.1) is 13.2 Å². The van der Waals surface area contributed by atoms with Crippen LogP contribution in [0.5, 0.6) is 5.75 Å². The van der Waals surface area contributed by atoms with Gasteiger partial charge in [-0.05, 0) is 50.6 Å². The highest BCUT2D eigenvalue weighted by molar-refractivity contribution is 5.67. The fourth-order valence-corrected chi connectivity index (χ4v) is 1.91. The third-order valence-corrected chi connectivity index (χ3v) is 2.83. The maximum atomic E-state index is 12.1. The summed E-state index contributed by atoms with van der Waals surface area (Å²) in [5.74, 6) is 0.180. The number of aromatic nitrogens is 2. The molecule has 0 aliphatic carbocycles. The lowest BCUT2D eigenvalue weighted by atomic mass is 10.2. The Labute approximate surface area is 142 Å². The minimum absolute atomic E-state index is 0.129. The highest BCUT2D eigenvalue weighted by Crippen LogP contribution is 2.25. The number of nitrogens with one attached hydrogen (secondary N) is 2. The van der Waals surface area contributed by atoms with E-state index in [0.717, 1.165) is 0 Å². The van der Waals surface area contributed by atoms with Gasteiger partial charge in [0.15, 0.2) is 0 Å². The van der Waals surface area contributed by atoms with Crippen molar-refractivity contribution < 1.29 is 27.4 Å². The van der Waals surface area contributed by atoms with E-state index in [4.69, 9.17) is 4.74 Å². The topological polar surface area (TPSA) is 76.2 Å². The van der Waals surface area contributed by atoms with Crippen molar-refractivity contribution in [2.24, 2.45) is 0 Å². The van der Waals surface area contributed by atoms with Crippen LogP contribution >= 0.6 is 0 Å². The summed E-state index contributed by atoms with van der Waals surface area (Å²) >= 11 is 0. The van der Waals surface area contributed by atoms with E-state index >= 15 is 0 Å². The average molecular weight is 357 g/mol. The number of rotatable bonds is 4. The van der Waals surface area contributed by atoms with Crippen molar-refractivity contribution in [3.05, 3.63) is 36.3 Å². The quantitative estimate of drug-likeness (QED) is 0.867. The molecule has 2 rings (SSSR count). The second-order valence-corrected chi connectivity index (χ2v) is 6.17. The molecule has 1 amide bonds. The predicted molar refractivity (Wildman–Crippen MR) is 83.8 cm³/mol. The molecule has 0 aliphatic rings. The van der Waals surface area contributed by atoms with Crippen molar-refractivity contribution in [1.29, 1.82) is 0 Å². The number of carbonyl (C=O) groups excluding carboxylic acids is 1. The number of hydrogen-bond donors (Lipinski definition) is 2. The summed E-state index contributed by atoms with van der Waals surface area (Å²) in [6.45, 7) is 5.39. The molecule has 1 heterocycles. The fraction of sp³-hybridized carbons (Fsp3) is 0.375. The van der Waals surface area contributed by atoms with Crippen LogP contribution in [0.4, 0.5) is 18.0 Å². The van der Waals surface area contributed by atoms with Crippen LogP contribution in [0.25, 0.3) is 11.3 Å². The molecular weight excluding hydrogens is 339 g/mol. The van der Waals surface area contributed by atoms with Gasteiger partial charge in [0.2, 0.25) is 0 Å². The fourth-order valence-electron chi connectivity index (χ4n) is 1.91. The molecule has 0 unspecified atom stereocenters. The summed E-state index contributed by atoms with van der Waals surface area (Å²) < 4.78 is 45.3. The number of aromatic amines is 1. The molecule has 1 aromatic carbocycles. The lowest BCUT2D eigenvalue weighted by Gasteiger charge is -2.19. The van der Waals surface area contributed by atoms with Gasteiger partial charge < -0.3 is 19.8 Å². The van der Waals surface area contributed by atoms with Crippen LogP contribution in [0, 0.1) is 0 Å². The molecule has 1 aromatic heterocycles. The van der Waals surface area contributed by atoms with E-state index in [1.807, 2.05) is 0 Å². The molecular formula is C16H18F3N3O3. The molecule has 0 atom stereocenters. The maximum absolute atomic E-state index is 12.1. The molecule has 0 saturated heterocycles. The van der Waals surface area contributed by atoms with Crippen LogP contribution in [0.1, 0.15) is 26.6 Å². The van der Waals surface area contributed by atoms with Crippen molar-refractivity contribution in [3.63, 3.8) is 0 Å². The van der Waals surface area contributed by atoms with Crippen LogP contribution in [-0.2, 0) is 11.3 Å². The maximum Gasteiger partial charge on any atom is 0.573 e. The van der Waals surface area contributed by atoms with E-state index < -0.39 is 18.1 Å². The average Bonchev–Trinajstić information content (AvgIpc) is 2.91. The first-order chi connectivity index (χ1) is 11.5. The summed E-state index contributed by atoms with van der Waals surface area (Å²) in [6.07, 6.45) is -3.78. The van der Waals surface area contributed by atoms with Crippen LogP contribution in [-0.4, -0.2) is 28.0 Å². The number of nitrogens with zero attached hydrogens (tertiary/aromatic N) is 1. The van der Waals surface area contributed by atoms with E-state index in [1.54, 1.807) is 20.8 Å². The number of alkyl carbamates (subject to hydrolysis) is 1. The second kappa shape index (κ2) is 7.04. The standard InChI is InChI=1S/C16H18F3N3O3/c1-15(2,3)25-14(23)21-9-13-20-8-12(22-13)10-4-6-11(7-5-10)24-16(17,18)19/h4-8H,9H2,1-3H3,(H,20,22)(H,21,23). The van der Waals surface area contributed by atoms with Gasteiger partial charge in [-0.1, -0.05) is 0 Å². The van der Waals surface area contributed by atoms with Gasteiger partial charge in [-0.25, -0.2) is 9.78 Å². The number of imidazole rings is 1. The summed E-state index contributed by atoms with van der Waals surface area (Å²) in [7, 11) is 0. The highest BCUT2D eigenvalue weighted by Gasteiger charge is 2.31. The smallest absolute Gasteiger partial charge is 0.444 e. The lowest BCUT2D eigenvalue weighted by molar-refractivity contribution is -0.274. The normalized spacial score (nSPS) is 11.9. The van der Waals surface area contributed by atoms with Crippen molar-refractivity contribution in [2.75, 3.05) is 0 Å². The molecule has 6 nitrogen and oxygen atoms in total. The Balaban J connectivity index is 1.95. The van der Waals surface area contributed by atoms with Gasteiger partial charge in [0.1, 0.15) is 17.2 Å². The highest BCUT2D eigenvalue weighted by atomic mass is 19.4. The molecule has 0 bridgehead atoms. The molecule has 0 saturated carbocycles. The van der Waals surface area contributed by atoms with Crippen LogP contribution in [0.15, 0.2) is 30.5 Å². The van der Waals surface area contributed by atoms with Gasteiger partial charge in [0, 0.05) is 0 Å². The molecule has 2 N–H and O–H groups in total. The molecule has 0 spiro atoms. The summed E-state index contributed by atoms with van der Waals surface area (Å²) in [6, 6.07) is 5.36. The molecule has 0 fully saturated rings. The van der Waals surface area contributed by atoms with E-state index in [0.29, 0.717) is 17.1 Å². The Hall–Kier alpha value is -2.71. The van der Waals surface area contributed by atoms with Crippen molar-refractivity contribution in [3.8, 4) is 17.0 Å². The van der Waals surface area contributed by atoms with E-state index in [-0.39, 0.29) is 12.3 Å². The molecule has 0 aliphatic heterocycles. The molecule has 25 heavy (non-hydrogen) atoms. The van der Waals surface area contributed by atoms with Gasteiger partial charge in [-0.3, -0.25) is 0 Å². The van der Waals surface area contributed by atoms with E-state index in [1.165, 1.54) is 30.5 Å².